The molecular formula is C7H8KNO2. The molecule has 0 saturated carbocycles. The van der Waals surface area contributed by atoms with Crippen LogP contribution in [0.4, 0.5) is 0 Å². The molecule has 4 heteroatoms. The van der Waals surface area contributed by atoms with Crippen LogP contribution in [0.1, 0.15) is 10.4 Å². The number of carbonyl (C=O) groups excluding carboxylic acids is 1. The minimum atomic E-state index is -0.513. The van der Waals surface area contributed by atoms with Gasteiger partial charge in [0, 0.05) is 0 Å². The van der Waals surface area contributed by atoms with Crippen LogP contribution in [0.15, 0.2) is 30.3 Å². The van der Waals surface area contributed by atoms with E-state index in [9.17, 15) is 4.79 Å². The summed E-state index contributed by atoms with van der Waals surface area (Å²) >= 11 is 0. The second-order valence-corrected chi connectivity index (χ2v) is 1.77. The quantitative estimate of drug-likeness (QED) is 0.488. The van der Waals surface area contributed by atoms with Gasteiger partial charge in [0.15, 0.2) is 0 Å². The average molecular weight is 177 g/mol. The molecule has 0 spiro atoms. The zero-order valence-electron chi connectivity index (χ0n) is 5.28. The second kappa shape index (κ2) is 5.88. The van der Waals surface area contributed by atoms with Gasteiger partial charge in [0.25, 0.3) is 0 Å². The van der Waals surface area contributed by atoms with E-state index in [1.54, 1.807) is 24.3 Å². The molecule has 3 nitrogen and oxygen atoms in total. The van der Waals surface area contributed by atoms with Gasteiger partial charge >= 0.3 is 57.4 Å². The molecule has 54 valence electrons. The van der Waals surface area contributed by atoms with Crippen LogP contribution < -0.4 is 5.90 Å². The standard InChI is InChI=1S/C7H7NO2.K.H/c8-10-7(9)6-4-2-1-3-5-6;;/h1-5H,8H2;;. The van der Waals surface area contributed by atoms with Crippen molar-refractivity contribution in [2.75, 3.05) is 0 Å². The molecule has 0 bridgehead atoms. The van der Waals surface area contributed by atoms with Crippen LogP contribution >= 0.6 is 0 Å². The Morgan fingerprint density at radius 1 is 1.27 bits per heavy atom. The first-order valence-corrected chi connectivity index (χ1v) is 2.80. The van der Waals surface area contributed by atoms with Crippen LogP contribution in [0.2, 0.25) is 0 Å². The zero-order chi connectivity index (χ0) is 7.40. The molecule has 11 heavy (non-hydrogen) atoms. The van der Waals surface area contributed by atoms with Gasteiger partial charge in [-0.15, -0.1) is 0 Å². The minimum absolute atomic E-state index is 0. The van der Waals surface area contributed by atoms with Gasteiger partial charge in [-0.25, -0.2) is 4.79 Å². The molecule has 0 atom stereocenters. The average Bonchev–Trinajstić information content (AvgIpc) is 2.05. The van der Waals surface area contributed by atoms with Crippen molar-refractivity contribution in [2.24, 2.45) is 5.90 Å². The Labute approximate surface area is 107 Å². The van der Waals surface area contributed by atoms with Gasteiger partial charge < -0.3 is 4.84 Å². The maximum absolute atomic E-state index is 10.7. The fourth-order valence-electron chi connectivity index (χ4n) is 0.642. The molecule has 0 aliphatic heterocycles. The molecule has 0 aromatic heterocycles. The molecule has 0 unspecified atom stereocenters. The molecule has 0 aliphatic carbocycles. The fraction of sp³-hybridized carbons (Fsp3) is 0. The summed E-state index contributed by atoms with van der Waals surface area (Å²) in [5.74, 6) is 4.14. The van der Waals surface area contributed by atoms with E-state index in [0.717, 1.165) is 0 Å². The van der Waals surface area contributed by atoms with Crippen LogP contribution in [0, 0.1) is 0 Å². The predicted octanol–water partition coefficient (Wildman–Crippen LogP) is 0.0686. The molecule has 0 fully saturated rings. The summed E-state index contributed by atoms with van der Waals surface area (Å²) in [4.78, 5) is 14.7. The molecule has 1 aromatic rings. The molecule has 0 saturated heterocycles. The van der Waals surface area contributed by atoms with Crippen molar-refractivity contribution in [1.82, 2.24) is 0 Å². The Kier molecular flexibility index (Phi) is 6.03. The molecule has 1 rings (SSSR count). The van der Waals surface area contributed by atoms with E-state index in [0.29, 0.717) is 5.56 Å². The number of hydrogen-bond donors (Lipinski definition) is 1. The molecule has 2 N–H and O–H groups in total. The topological polar surface area (TPSA) is 52.3 Å². The van der Waals surface area contributed by atoms with Crippen molar-refractivity contribution < 1.29 is 9.63 Å². The molecule has 1 aromatic carbocycles. The molecule has 0 heterocycles. The summed E-state index contributed by atoms with van der Waals surface area (Å²) < 4.78 is 0. The van der Waals surface area contributed by atoms with E-state index in [1.807, 2.05) is 6.07 Å². The first-order valence-electron chi connectivity index (χ1n) is 2.80. The molecule has 0 radical (unpaired) electrons. The second-order valence-electron chi connectivity index (χ2n) is 1.77. The number of carbonyl (C=O) groups is 1. The van der Waals surface area contributed by atoms with Crippen LogP contribution in [0.25, 0.3) is 0 Å². The van der Waals surface area contributed by atoms with Crippen molar-refractivity contribution in [3.8, 4) is 0 Å². The Morgan fingerprint density at radius 3 is 2.27 bits per heavy atom. The van der Waals surface area contributed by atoms with Gasteiger partial charge in [0.2, 0.25) is 0 Å². The van der Waals surface area contributed by atoms with Crippen LogP contribution in [0.5, 0.6) is 0 Å². The summed E-state index contributed by atoms with van der Waals surface area (Å²) in [7, 11) is 0. The van der Waals surface area contributed by atoms with E-state index in [1.165, 1.54) is 0 Å². The summed E-state index contributed by atoms with van der Waals surface area (Å²) in [5.41, 5.74) is 0.463. The number of hydrogen-bond acceptors (Lipinski definition) is 3. The van der Waals surface area contributed by atoms with Crippen molar-refractivity contribution in [1.29, 1.82) is 0 Å². The van der Waals surface area contributed by atoms with E-state index in [-0.39, 0.29) is 51.4 Å². The van der Waals surface area contributed by atoms with Gasteiger partial charge in [0.05, 0.1) is 5.56 Å². The third-order valence-electron chi connectivity index (χ3n) is 1.12. The normalized spacial score (nSPS) is 8.09. The number of rotatable bonds is 1. The van der Waals surface area contributed by atoms with Gasteiger partial charge in [-0.3, -0.25) is 0 Å². The Morgan fingerprint density at radius 2 is 1.82 bits per heavy atom. The van der Waals surface area contributed by atoms with E-state index in [4.69, 9.17) is 0 Å². The number of benzene rings is 1. The Bertz CT molecular complexity index is 225. The van der Waals surface area contributed by atoms with Gasteiger partial charge in [0.1, 0.15) is 0 Å². The van der Waals surface area contributed by atoms with Crippen molar-refractivity contribution in [2.45, 2.75) is 0 Å². The summed E-state index contributed by atoms with van der Waals surface area (Å²) in [6, 6.07) is 8.57. The third-order valence-corrected chi connectivity index (χ3v) is 1.12. The van der Waals surface area contributed by atoms with E-state index in [2.05, 4.69) is 10.7 Å². The van der Waals surface area contributed by atoms with E-state index < -0.39 is 5.97 Å². The van der Waals surface area contributed by atoms with Gasteiger partial charge in [-0.05, 0) is 12.1 Å². The summed E-state index contributed by atoms with van der Waals surface area (Å²) in [6.07, 6.45) is 0. The van der Waals surface area contributed by atoms with Crippen LogP contribution in [-0.4, -0.2) is 57.4 Å². The maximum atomic E-state index is 10.7. The number of nitrogens with two attached hydrogens (primary N) is 1. The fourth-order valence-corrected chi connectivity index (χ4v) is 0.642. The first kappa shape index (κ1) is 11.3. The van der Waals surface area contributed by atoms with Crippen molar-refractivity contribution in [3.05, 3.63) is 35.9 Å². The Balaban J connectivity index is 0.000001000. The monoisotopic (exact) mass is 177 g/mol. The van der Waals surface area contributed by atoms with Gasteiger partial charge in [-0.2, -0.15) is 5.90 Å². The molecule has 0 aliphatic rings. The molecule has 0 amide bonds. The predicted molar refractivity (Wildman–Crippen MR) is 43.2 cm³/mol. The van der Waals surface area contributed by atoms with Gasteiger partial charge in [-0.1, -0.05) is 18.2 Å². The zero-order valence-corrected chi connectivity index (χ0v) is 5.28. The van der Waals surface area contributed by atoms with E-state index >= 15 is 0 Å². The first-order chi connectivity index (χ1) is 4.84. The SMILES string of the molecule is NOC(=O)c1ccccc1.[KH]. The summed E-state index contributed by atoms with van der Waals surface area (Å²) in [6.45, 7) is 0. The van der Waals surface area contributed by atoms with Crippen LogP contribution in [-0.2, 0) is 4.84 Å². The van der Waals surface area contributed by atoms with Crippen LogP contribution in [0.3, 0.4) is 0 Å². The third kappa shape index (κ3) is 3.46. The molecular weight excluding hydrogens is 169 g/mol. The van der Waals surface area contributed by atoms with Crippen molar-refractivity contribution >= 4 is 57.4 Å². The van der Waals surface area contributed by atoms with Crippen molar-refractivity contribution in [3.63, 3.8) is 0 Å². The Hall–Kier alpha value is 0.286. The summed E-state index contributed by atoms with van der Waals surface area (Å²) in [5, 5.41) is 0.